The first-order valence-electron chi connectivity index (χ1n) is 8.59. The predicted octanol–water partition coefficient (Wildman–Crippen LogP) is 2.65. The summed E-state index contributed by atoms with van der Waals surface area (Å²) in [5, 5.41) is 9.92. The third-order valence-electron chi connectivity index (χ3n) is 4.86. The molecule has 126 valence electrons. The lowest BCUT2D eigenvalue weighted by Gasteiger charge is -2.35. The van der Waals surface area contributed by atoms with E-state index in [4.69, 9.17) is 4.74 Å². The summed E-state index contributed by atoms with van der Waals surface area (Å²) >= 11 is 0. The zero-order valence-corrected chi connectivity index (χ0v) is 13.6. The van der Waals surface area contributed by atoms with Crippen LogP contribution in [-0.4, -0.2) is 40.3 Å². The van der Waals surface area contributed by atoms with Gasteiger partial charge in [-0.15, -0.1) is 0 Å². The Kier molecular flexibility index (Phi) is 4.11. The molecule has 6 heteroatoms. The number of hydrogen-bond acceptors (Lipinski definition) is 3. The van der Waals surface area contributed by atoms with E-state index >= 15 is 0 Å². The van der Waals surface area contributed by atoms with E-state index in [0.717, 1.165) is 43.5 Å². The molecule has 0 aliphatic carbocycles. The van der Waals surface area contributed by atoms with Gasteiger partial charge in [0.1, 0.15) is 11.9 Å². The number of para-hydroxylation sites is 1. The number of piperidine rings is 1. The maximum Gasteiger partial charge on any atom is 0.318 e. The molecule has 0 unspecified atom stereocenters. The van der Waals surface area contributed by atoms with Gasteiger partial charge in [-0.2, -0.15) is 5.10 Å². The second-order valence-corrected chi connectivity index (χ2v) is 6.47. The molecule has 2 amide bonds. The molecule has 1 fully saturated rings. The standard InChI is InChI=1S/C18H22N4O2/c23-18(19-12-15-9-13-5-1-2-7-17(13)24-15)22-8-4-3-6-16(22)14-10-20-21-11-14/h1-2,5,7,10-11,15-16H,3-4,6,8-9,12H2,(H,19,23)(H,20,21)/t15-,16+/m0/s1. The fourth-order valence-electron chi connectivity index (χ4n) is 3.63. The summed E-state index contributed by atoms with van der Waals surface area (Å²) < 4.78 is 5.90. The second kappa shape index (κ2) is 6.55. The Balaban J connectivity index is 1.36. The summed E-state index contributed by atoms with van der Waals surface area (Å²) in [4.78, 5) is 14.6. The monoisotopic (exact) mass is 326 g/mol. The highest BCUT2D eigenvalue weighted by molar-refractivity contribution is 5.75. The lowest BCUT2D eigenvalue weighted by molar-refractivity contribution is 0.145. The number of carbonyl (C=O) groups is 1. The molecule has 2 N–H and O–H groups in total. The molecule has 1 saturated heterocycles. The van der Waals surface area contributed by atoms with Crippen LogP contribution in [0.2, 0.25) is 0 Å². The van der Waals surface area contributed by atoms with E-state index in [-0.39, 0.29) is 18.2 Å². The minimum atomic E-state index is -0.0135. The van der Waals surface area contributed by atoms with Crippen molar-refractivity contribution in [2.45, 2.75) is 37.8 Å². The molecule has 2 aliphatic heterocycles. The fourth-order valence-corrected chi connectivity index (χ4v) is 3.63. The maximum absolute atomic E-state index is 12.7. The number of likely N-dealkylation sites (tertiary alicyclic amines) is 1. The number of rotatable bonds is 3. The molecule has 24 heavy (non-hydrogen) atoms. The SMILES string of the molecule is O=C(NC[C@@H]1Cc2ccccc2O1)N1CCCC[C@@H]1c1cn[nH]c1. The van der Waals surface area contributed by atoms with Crippen molar-refractivity contribution in [1.29, 1.82) is 0 Å². The lowest BCUT2D eigenvalue weighted by Crippen LogP contribution is -2.47. The molecule has 0 saturated carbocycles. The van der Waals surface area contributed by atoms with Crippen LogP contribution in [0.5, 0.6) is 5.75 Å². The van der Waals surface area contributed by atoms with Crippen molar-refractivity contribution in [1.82, 2.24) is 20.4 Å². The molecule has 2 aliphatic rings. The molecule has 0 bridgehead atoms. The summed E-state index contributed by atoms with van der Waals surface area (Å²) in [6.45, 7) is 1.32. The van der Waals surface area contributed by atoms with Crippen molar-refractivity contribution >= 4 is 6.03 Å². The van der Waals surface area contributed by atoms with Gasteiger partial charge in [0, 0.05) is 24.7 Å². The number of hydrogen-bond donors (Lipinski definition) is 2. The van der Waals surface area contributed by atoms with Gasteiger partial charge < -0.3 is 15.0 Å². The third kappa shape index (κ3) is 2.96. The summed E-state index contributed by atoms with van der Waals surface area (Å²) in [6, 6.07) is 8.16. The van der Waals surface area contributed by atoms with Gasteiger partial charge in [-0.3, -0.25) is 5.10 Å². The minimum Gasteiger partial charge on any atom is -0.488 e. The normalized spacial score (nSPS) is 22.8. The van der Waals surface area contributed by atoms with E-state index in [0.29, 0.717) is 6.54 Å². The van der Waals surface area contributed by atoms with E-state index in [9.17, 15) is 4.79 Å². The summed E-state index contributed by atoms with van der Waals surface area (Å²) in [7, 11) is 0. The van der Waals surface area contributed by atoms with E-state index in [1.54, 1.807) is 0 Å². The number of amides is 2. The molecule has 4 rings (SSSR count). The molecule has 0 spiro atoms. The molecule has 1 aromatic heterocycles. The highest BCUT2D eigenvalue weighted by Gasteiger charge is 2.30. The average Bonchev–Trinajstić information content (AvgIpc) is 3.28. The van der Waals surface area contributed by atoms with Gasteiger partial charge in [0.25, 0.3) is 0 Å². The van der Waals surface area contributed by atoms with Crippen LogP contribution in [0.15, 0.2) is 36.7 Å². The van der Waals surface area contributed by atoms with Crippen molar-refractivity contribution in [2.24, 2.45) is 0 Å². The number of nitrogens with one attached hydrogen (secondary N) is 2. The zero-order valence-electron chi connectivity index (χ0n) is 13.6. The Bertz CT molecular complexity index is 676. The maximum atomic E-state index is 12.7. The van der Waals surface area contributed by atoms with Crippen molar-refractivity contribution in [3.8, 4) is 5.75 Å². The summed E-state index contributed by atoms with van der Waals surface area (Å²) in [5.41, 5.74) is 2.29. The van der Waals surface area contributed by atoms with Crippen molar-refractivity contribution < 1.29 is 9.53 Å². The Morgan fingerprint density at radius 3 is 3.12 bits per heavy atom. The van der Waals surface area contributed by atoms with Crippen LogP contribution >= 0.6 is 0 Å². The highest BCUT2D eigenvalue weighted by Crippen LogP contribution is 2.31. The Morgan fingerprint density at radius 2 is 2.29 bits per heavy atom. The van der Waals surface area contributed by atoms with E-state index in [2.05, 4.69) is 21.6 Å². The van der Waals surface area contributed by atoms with Crippen LogP contribution < -0.4 is 10.1 Å². The highest BCUT2D eigenvalue weighted by atomic mass is 16.5. The number of urea groups is 1. The molecular formula is C18H22N4O2. The first-order chi connectivity index (χ1) is 11.8. The van der Waals surface area contributed by atoms with Crippen molar-refractivity contribution in [3.05, 3.63) is 47.8 Å². The van der Waals surface area contributed by atoms with Gasteiger partial charge >= 0.3 is 6.03 Å². The number of fused-ring (bicyclic) bond motifs is 1. The Labute approximate surface area is 141 Å². The molecule has 6 nitrogen and oxygen atoms in total. The Hall–Kier alpha value is -2.50. The van der Waals surface area contributed by atoms with Gasteiger partial charge in [-0.05, 0) is 30.9 Å². The number of carbonyl (C=O) groups excluding carboxylic acids is 1. The summed E-state index contributed by atoms with van der Waals surface area (Å²) in [5.74, 6) is 0.936. The van der Waals surface area contributed by atoms with E-state index in [1.165, 1.54) is 5.56 Å². The molecule has 3 heterocycles. The van der Waals surface area contributed by atoms with Gasteiger partial charge in [0.15, 0.2) is 0 Å². The largest absolute Gasteiger partial charge is 0.488 e. The van der Waals surface area contributed by atoms with Crippen molar-refractivity contribution in [3.63, 3.8) is 0 Å². The zero-order chi connectivity index (χ0) is 16.4. The molecule has 1 aromatic carbocycles. The molecule has 2 atom stereocenters. The smallest absolute Gasteiger partial charge is 0.318 e. The first kappa shape index (κ1) is 15.1. The third-order valence-corrected chi connectivity index (χ3v) is 4.86. The Morgan fingerprint density at radius 1 is 1.38 bits per heavy atom. The van der Waals surface area contributed by atoms with Gasteiger partial charge in [-0.1, -0.05) is 18.2 Å². The number of benzene rings is 1. The van der Waals surface area contributed by atoms with Gasteiger partial charge in [-0.25, -0.2) is 4.79 Å². The van der Waals surface area contributed by atoms with Gasteiger partial charge in [0.2, 0.25) is 0 Å². The van der Waals surface area contributed by atoms with Crippen LogP contribution in [0, 0.1) is 0 Å². The van der Waals surface area contributed by atoms with Crippen molar-refractivity contribution in [2.75, 3.05) is 13.1 Å². The quantitative estimate of drug-likeness (QED) is 0.911. The minimum absolute atomic E-state index is 0.0135. The van der Waals surface area contributed by atoms with Crippen LogP contribution in [0.25, 0.3) is 0 Å². The number of aromatic amines is 1. The van der Waals surface area contributed by atoms with Crippen LogP contribution in [0.4, 0.5) is 4.79 Å². The molecular weight excluding hydrogens is 304 g/mol. The average molecular weight is 326 g/mol. The molecule has 2 aromatic rings. The first-order valence-corrected chi connectivity index (χ1v) is 8.59. The fraction of sp³-hybridized carbons (Fsp3) is 0.444. The number of H-pyrrole nitrogens is 1. The summed E-state index contributed by atoms with van der Waals surface area (Å²) in [6.07, 6.45) is 7.73. The number of nitrogens with zero attached hydrogens (tertiary/aromatic N) is 2. The van der Waals surface area contributed by atoms with E-state index in [1.807, 2.05) is 35.5 Å². The predicted molar refractivity (Wildman–Crippen MR) is 89.8 cm³/mol. The van der Waals surface area contributed by atoms with Crippen LogP contribution in [-0.2, 0) is 6.42 Å². The topological polar surface area (TPSA) is 70.2 Å². The molecule has 0 radical (unpaired) electrons. The number of aromatic nitrogens is 2. The lowest BCUT2D eigenvalue weighted by atomic mass is 9.98. The number of ether oxygens (including phenoxy) is 1. The van der Waals surface area contributed by atoms with Crippen LogP contribution in [0.1, 0.15) is 36.4 Å². The van der Waals surface area contributed by atoms with Gasteiger partial charge in [0.05, 0.1) is 18.8 Å². The van der Waals surface area contributed by atoms with Crippen LogP contribution in [0.3, 0.4) is 0 Å². The second-order valence-electron chi connectivity index (χ2n) is 6.47. The van der Waals surface area contributed by atoms with E-state index < -0.39 is 0 Å².